The second kappa shape index (κ2) is 17.0. The quantitative estimate of drug-likeness (QED) is 0.186. The van der Waals surface area contributed by atoms with Crippen molar-refractivity contribution in [2.75, 3.05) is 7.11 Å². The third kappa shape index (κ3) is 11.6. The number of imide groups is 1. The Hall–Kier alpha value is -4.61. The first-order valence-corrected chi connectivity index (χ1v) is 16.1. The van der Waals surface area contributed by atoms with Crippen molar-refractivity contribution in [3.8, 4) is 0 Å². The van der Waals surface area contributed by atoms with Gasteiger partial charge in [-0.3, -0.25) is 4.90 Å². The summed E-state index contributed by atoms with van der Waals surface area (Å²) in [6.07, 6.45) is -1.39. The summed E-state index contributed by atoms with van der Waals surface area (Å²) in [5.74, 6) is -1.37. The van der Waals surface area contributed by atoms with Crippen molar-refractivity contribution in [2.24, 2.45) is 0 Å². The molecule has 12 heteroatoms. The lowest BCUT2D eigenvalue weighted by Gasteiger charge is -2.32. The summed E-state index contributed by atoms with van der Waals surface area (Å²) in [5, 5.41) is 0. The van der Waals surface area contributed by atoms with Gasteiger partial charge in [0.15, 0.2) is 0 Å². The van der Waals surface area contributed by atoms with E-state index in [1.54, 1.807) is 65.8 Å². The zero-order valence-corrected chi connectivity index (χ0v) is 28.9. The van der Waals surface area contributed by atoms with Gasteiger partial charge in [0.25, 0.3) is 0 Å². The number of hydrogen-bond donors (Lipinski definition) is 0. The van der Waals surface area contributed by atoms with Crippen molar-refractivity contribution >= 4 is 30.2 Å². The number of ether oxygens (including phenoxy) is 5. The van der Waals surface area contributed by atoms with E-state index in [1.807, 2.05) is 36.4 Å². The zero-order chi connectivity index (χ0) is 35.5. The van der Waals surface area contributed by atoms with Crippen LogP contribution in [-0.2, 0) is 46.5 Å². The van der Waals surface area contributed by atoms with Gasteiger partial charge in [0, 0.05) is 6.04 Å². The van der Waals surface area contributed by atoms with Crippen LogP contribution in [0.1, 0.15) is 84.8 Å². The summed E-state index contributed by atoms with van der Waals surface area (Å²) >= 11 is 0. The molecule has 1 saturated heterocycles. The summed E-state index contributed by atoms with van der Waals surface area (Å²) in [6.45, 7) is 10.1. The molecule has 3 amide bonds. The van der Waals surface area contributed by atoms with Crippen LogP contribution in [0.2, 0.25) is 0 Å². The van der Waals surface area contributed by atoms with E-state index in [1.165, 1.54) is 4.90 Å². The largest absolute Gasteiger partial charge is 0.467 e. The number of likely N-dealkylation sites (tertiary alicyclic amines) is 1. The molecule has 0 radical (unpaired) electrons. The fourth-order valence-corrected chi connectivity index (χ4v) is 5.30. The number of hydrogen-bond acceptors (Lipinski definition) is 10. The summed E-state index contributed by atoms with van der Waals surface area (Å²) in [5.41, 5.74) is -0.262. The Morgan fingerprint density at radius 3 is 1.83 bits per heavy atom. The molecule has 48 heavy (non-hydrogen) atoms. The molecular formula is C36H48N2O10. The Kier molecular flexibility index (Phi) is 13.4. The lowest BCUT2D eigenvalue weighted by molar-refractivity contribution is -0.160. The van der Waals surface area contributed by atoms with Gasteiger partial charge in [-0.05, 0) is 84.8 Å². The Labute approximate surface area is 282 Å². The van der Waals surface area contributed by atoms with E-state index in [2.05, 4.69) is 0 Å². The second-order valence-corrected chi connectivity index (χ2v) is 13.6. The van der Waals surface area contributed by atoms with E-state index in [0.717, 1.165) is 12.7 Å². The van der Waals surface area contributed by atoms with Crippen LogP contribution < -0.4 is 0 Å². The highest BCUT2D eigenvalue weighted by Gasteiger charge is 2.44. The van der Waals surface area contributed by atoms with E-state index >= 15 is 0 Å². The van der Waals surface area contributed by atoms with E-state index in [-0.39, 0.29) is 26.1 Å². The van der Waals surface area contributed by atoms with Crippen LogP contribution in [-0.4, -0.2) is 76.5 Å². The Bertz CT molecular complexity index is 1380. The van der Waals surface area contributed by atoms with Gasteiger partial charge >= 0.3 is 30.2 Å². The molecule has 1 fully saturated rings. The first-order chi connectivity index (χ1) is 22.6. The number of methoxy groups -OCH3 is 1. The molecule has 0 spiro atoms. The summed E-state index contributed by atoms with van der Waals surface area (Å²) in [7, 11) is 1.16. The molecule has 3 rings (SSSR count). The maximum atomic E-state index is 13.5. The summed E-state index contributed by atoms with van der Waals surface area (Å²) in [4.78, 5) is 68.5. The van der Waals surface area contributed by atoms with E-state index in [9.17, 15) is 24.0 Å². The van der Waals surface area contributed by atoms with Crippen LogP contribution >= 0.6 is 0 Å². The van der Waals surface area contributed by atoms with E-state index in [4.69, 9.17) is 23.7 Å². The molecule has 262 valence electrons. The first-order valence-electron chi connectivity index (χ1n) is 16.1. The fourth-order valence-electron chi connectivity index (χ4n) is 5.30. The molecule has 3 atom stereocenters. The predicted molar refractivity (Wildman–Crippen MR) is 175 cm³/mol. The molecule has 0 N–H and O–H groups in total. The standard InChI is InChI=1S/C36H48N2O10/c1-35(2,3)47-31(40)29-22-21-27(37(29)32(41)45-23-25-15-10-8-11-16-25)19-14-20-28(30(39)44-7)38(34(43)48-36(4,5)6)33(42)46-24-26-17-12-9-13-18-26/h8-13,15-18,27-29H,14,19-24H2,1-7H3/t27-,28?,29+/m1/s1. The Morgan fingerprint density at radius 1 is 0.771 bits per heavy atom. The topological polar surface area (TPSA) is 138 Å². The van der Waals surface area contributed by atoms with Gasteiger partial charge < -0.3 is 23.7 Å². The molecule has 1 unspecified atom stereocenters. The molecule has 1 heterocycles. The SMILES string of the molecule is COC(=O)C(CCC[C@@H]1CC[C@@H](C(=O)OC(C)(C)C)N1C(=O)OCc1ccccc1)N(C(=O)OCc1ccccc1)C(=O)OC(C)(C)C. The minimum Gasteiger partial charge on any atom is -0.467 e. The number of esters is 2. The third-order valence-electron chi connectivity index (χ3n) is 7.39. The van der Waals surface area contributed by atoms with Crippen molar-refractivity contribution in [1.29, 1.82) is 0 Å². The van der Waals surface area contributed by atoms with Crippen molar-refractivity contribution in [1.82, 2.24) is 9.80 Å². The maximum absolute atomic E-state index is 13.5. The molecule has 1 aliphatic heterocycles. The van der Waals surface area contributed by atoms with Crippen LogP contribution in [0.5, 0.6) is 0 Å². The molecule has 0 aromatic heterocycles. The predicted octanol–water partition coefficient (Wildman–Crippen LogP) is 6.78. The van der Waals surface area contributed by atoms with Gasteiger partial charge in [-0.15, -0.1) is 0 Å². The van der Waals surface area contributed by atoms with Crippen LogP contribution in [0.25, 0.3) is 0 Å². The first kappa shape index (κ1) is 37.8. The lowest BCUT2D eigenvalue weighted by atomic mass is 10.0. The molecule has 2 aromatic carbocycles. The van der Waals surface area contributed by atoms with E-state index < -0.39 is 59.5 Å². The summed E-state index contributed by atoms with van der Waals surface area (Å²) < 4.78 is 27.1. The van der Waals surface area contributed by atoms with Crippen LogP contribution in [0.4, 0.5) is 14.4 Å². The number of carbonyl (C=O) groups is 5. The highest BCUT2D eigenvalue weighted by atomic mass is 16.6. The molecule has 2 aromatic rings. The number of carbonyl (C=O) groups excluding carboxylic acids is 5. The molecule has 1 aliphatic rings. The molecule has 0 bridgehead atoms. The highest BCUT2D eigenvalue weighted by molar-refractivity contribution is 5.94. The Morgan fingerprint density at radius 2 is 1.31 bits per heavy atom. The van der Waals surface area contributed by atoms with Gasteiger partial charge in [0.05, 0.1) is 7.11 Å². The smallest absolute Gasteiger partial charge is 0.420 e. The average molecular weight is 669 g/mol. The average Bonchev–Trinajstić information content (AvgIpc) is 3.45. The van der Waals surface area contributed by atoms with Crippen molar-refractivity contribution < 1.29 is 47.7 Å². The van der Waals surface area contributed by atoms with Gasteiger partial charge in [-0.2, -0.15) is 4.90 Å². The zero-order valence-electron chi connectivity index (χ0n) is 28.9. The third-order valence-corrected chi connectivity index (χ3v) is 7.39. The minimum atomic E-state index is -1.38. The summed E-state index contributed by atoms with van der Waals surface area (Å²) in [6, 6.07) is 15.4. The number of amides is 3. The van der Waals surface area contributed by atoms with Crippen LogP contribution in [0.3, 0.4) is 0 Å². The fraction of sp³-hybridized carbons (Fsp3) is 0.528. The lowest BCUT2D eigenvalue weighted by Crippen LogP contribution is -2.51. The highest BCUT2D eigenvalue weighted by Crippen LogP contribution is 2.31. The maximum Gasteiger partial charge on any atom is 0.420 e. The monoisotopic (exact) mass is 668 g/mol. The van der Waals surface area contributed by atoms with Crippen LogP contribution in [0.15, 0.2) is 60.7 Å². The van der Waals surface area contributed by atoms with Gasteiger partial charge in [-0.25, -0.2) is 24.0 Å². The molecule has 12 nitrogen and oxygen atoms in total. The van der Waals surface area contributed by atoms with Crippen molar-refractivity contribution in [3.05, 3.63) is 71.8 Å². The molecule has 0 saturated carbocycles. The second-order valence-electron chi connectivity index (χ2n) is 13.6. The van der Waals surface area contributed by atoms with E-state index in [0.29, 0.717) is 29.7 Å². The van der Waals surface area contributed by atoms with Crippen LogP contribution in [0, 0.1) is 0 Å². The molecule has 0 aliphatic carbocycles. The van der Waals surface area contributed by atoms with Gasteiger partial charge in [-0.1, -0.05) is 60.7 Å². The van der Waals surface area contributed by atoms with Gasteiger partial charge in [0.1, 0.15) is 36.5 Å². The number of benzene rings is 2. The van der Waals surface area contributed by atoms with Crippen molar-refractivity contribution in [2.45, 2.75) is 116 Å². The Balaban J connectivity index is 1.79. The van der Waals surface area contributed by atoms with Gasteiger partial charge in [0.2, 0.25) is 0 Å². The number of nitrogens with zero attached hydrogens (tertiary/aromatic N) is 2. The minimum absolute atomic E-state index is 0.0181. The number of rotatable bonds is 11. The van der Waals surface area contributed by atoms with Crippen molar-refractivity contribution in [3.63, 3.8) is 0 Å². The molecular weight excluding hydrogens is 620 g/mol. The normalized spacial score (nSPS) is 16.8.